The molecule has 1 fully saturated rings. The standard InChI is InChI=1S/C25H29N3O4S2/c1-17-8-9-18(2)20(14-17)10-11-23-24(19(3)27-32-23)34(30,31)28-12-4-6-21(16-28)25(29)26-15-22-7-5-13-33-22/h5,7-11,13-14,21H,4,6,12,15-16H2,1-3H3,(H,26,29)/b11-10+. The number of sulfonamides is 1. The van der Waals surface area contributed by atoms with Crippen LogP contribution in [0.4, 0.5) is 0 Å². The minimum Gasteiger partial charge on any atom is -0.355 e. The van der Waals surface area contributed by atoms with Crippen molar-refractivity contribution in [3.05, 3.63) is 68.7 Å². The molecule has 3 aromatic rings. The van der Waals surface area contributed by atoms with Gasteiger partial charge >= 0.3 is 0 Å². The van der Waals surface area contributed by atoms with Crippen molar-refractivity contribution in [3.8, 4) is 0 Å². The Hall–Kier alpha value is -2.75. The molecule has 180 valence electrons. The highest BCUT2D eigenvalue weighted by molar-refractivity contribution is 7.89. The van der Waals surface area contributed by atoms with E-state index in [2.05, 4.69) is 10.5 Å². The van der Waals surface area contributed by atoms with Crippen molar-refractivity contribution >= 4 is 39.4 Å². The molecule has 1 aromatic carbocycles. The molecule has 4 rings (SSSR count). The number of benzene rings is 1. The summed E-state index contributed by atoms with van der Waals surface area (Å²) in [6, 6.07) is 9.99. The van der Waals surface area contributed by atoms with Gasteiger partial charge in [0.05, 0.1) is 12.5 Å². The van der Waals surface area contributed by atoms with E-state index in [4.69, 9.17) is 4.52 Å². The lowest BCUT2D eigenvalue weighted by molar-refractivity contribution is -0.126. The van der Waals surface area contributed by atoms with E-state index in [1.165, 1.54) is 4.31 Å². The van der Waals surface area contributed by atoms with Crippen molar-refractivity contribution in [2.45, 2.75) is 45.1 Å². The third-order valence-corrected chi connectivity index (χ3v) is 8.95. The summed E-state index contributed by atoms with van der Waals surface area (Å²) in [5.74, 6) is -0.314. The minimum atomic E-state index is -3.88. The van der Waals surface area contributed by atoms with Gasteiger partial charge in [0, 0.05) is 18.0 Å². The zero-order chi connectivity index (χ0) is 24.3. The molecule has 2 aromatic heterocycles. The summed E-state index contributed by atoms with van der Waals surface area (Å²) in [4.78, 5) is 13.9. The van der Waals surface area contributed by atoms with Crippen LogP contribution in [0.2, 0.25) is 0 Å². The van der Waals surface area contributed by atoms with Crippen molar-refractivity contribution in [3.63, 3.8) is 0 Å². The van der Waals surface area contributed by atoms with E-state index >= 15 is 0 Å². The molecule has 1 atom stereocenters. The number of carbonyl (C=O) groups is 1. The summed E-state index contributed by atoms with van der Waals surface area (Å²) in [7, 11) is -3.88. The highest BCUT2D eigenvalue weighted by Gasteiger charge is 2.36. The fourth-order valence-corrected chi connectivity index (χ4v) is 6.56. The average Bonchev–Trinajstić information content (AvgIpc) is 3.48. The fourth-order valence-electron chi connectivity index (χ4n) is 4.14. The summed E-state index contributed by atoms with van der Waals surface area (Å²) >= 11 is 1.58. The molecule has 34 heavy (non-hydrogen) atoms. The first-order valence-electron chi connectivity index (χ1n) is 11.3. The van der Waals surface area contributed by atoms with Crippen molar-refractivity contribution in [1.29, 1.82) is 0 Å². The van der Waals surface area contributed by atoms with Gasteiger partial charge in [0.25, 0.3) is 0 Å². The van der Waals surface area contributed by atoms with Crippen LogP contribution in [-0.4, -0.2) is 36.9 Å². The number of nitrogens with one attached hydrogen (secondary N) is 1. The second-order valence-electron chi connectivity index (χ2n) is 8.65. The number of hydrogen-bond donors (Lipinski definition) is 1. The fraction of sp³-hybridized carbons (Fsp3) is 0.360. The zero-order valence-electron chi connectivity index (χ0n) is 19.6. The normalized spacial score (nSPS) is 17.3. The molecule has 1 aliphatic heterocycles. The van der Waals surface area contributed by atoms with Gasteiger partial charge in [-0.3, -0.25) is 4.79 Å². The predicted molar refractivity (Wildman–Crippen MR) is 134 cm³/mol. The van der Waals surface area contributed by atoms with Crippen molar-refractivity contribution in [2.24, 2.45) is 5.92 Å². The van der Waals surface area contributed by atoms with Crippen LogP contribution in [0.1, 0.15) is 45.9 Å². The van der Waals surface area contributed by atoms with E-state index in [9.17, 15) is 13.2 Å². The molecule has 0 saturated carbocycles. The number of hydrogen-bond acceptors (Lipinski definition) is 6. The van der Waals surface area contributed by atoms with Crippen LogP contribution < -0.4 is 5.32 Å². The molecule has 3 heterocycles. The molecule has 9 heteroatoms. The second kappa shape index (κ2) is 10.2. The molecule has 0 radical (unpaired) electrons. The van der Waals surface area contributed by atoms with Crippen LogP contribution in [0.3, 0.4) is 0 Å². The number of aromatic nitrogens is 1. The van der Waals surface area contributed by atoms with Gasteiger partial charge in [0.15, 0.2) is 10.7 Å². The smallest absolute Gasteiger partial charge is 0.248 e. The first kappa shape index (κ1) is 24.4. The maximum Gasteiger partial charge on any atom is 0.248 e. The van der Waals surface area contributed by atoms with Gasteiger partial charge in [-0.2, -0.15) is 4.31 Å². The zero-order valence-corrected chi connectivity index (χ0v) is 21.2. The Bertz CT molecular complexity index is 1290. The molecule has 0 spiro atoms. The summed E-state index contributed by atoms with van der Waals surface area (Å²) in [6.45, 7) is 6.60. The summed E-state index contributed by atoms with van der Waals surface area (Å²) in [6.07, 6.45) is 4.78. The van der Waals surface area contributed by atoms with E-state index in [0.717, 1.165) is 21.6 Å². The van der Waals surface area contributed by atoms with Gasteiger partial charge in [-0.25, -0.2) is 8.42 Å². The minimum absolute atomic E-state index is 0.0636. The first-order chi connectivity index (χ1) is 16.3. The quantitative estimate of drug-likeness (QED) is 0.515. The van der Waals surface area contributed by atoms with Crippen LogP contribution in [0.5, 0.6) is 0 Å². The molecule has 7 nitrogen and oxygen atoms in total. The van der Waals surface area contributed by atoms with E-state index in [1.807, 2.05) is 55.6 Å². The Kier molecular flexibility index (Phi) is 7.35. The number of amides is 1. The molecule has 1 amide bonds. The number of rotatable bonds is 7. The lowest BCUT2D eigenvalue weighted by Gasteiger charge is -2.31. The lowest BCUT2D eigenvalue weighted by atomic mass is 9.99. The summed E-state index contributed by atoms with van der Waals surface area (Å²) in [5.41, 5.74) is 3.49. The van der Waals surface area contributed by atoms with Crippen molar-refractivity contribution in [1.82, 2.24) is 14.8 Å². The van der Waals surface area contributed by atoms with Gasteiger partial charge in [-0.15, -0.1) is 11.3 Å². The van der Waals surface area contributed by atoms with E-state index < -0.39 is 15.9 Å². The third-order valence-electron chi connectivity index (χ3n) is 6.05. The van der Waals surface area contributed by atoms with Crippen LogP contribution >= 0.6 is 11.3 Å². The molecule has 1 aliphatic rings. The monoisotopic (exact) mass is 499 g/mol. The van der Waals surface area contributed by atoms with Gasteiger partial charge < -0.3 is 9.84 Å². The van der Waals surface area contributed by atoms with E-state index in [1.54, 1.807) is 24.3 Å². The summed E-state index contributed by atoms with van der Waals surface area (Å²) in [5, 5.41) is 8.83. The number of carbonyl (C=O) groups excluding carboxylic acids is 1. The van der Waals surface area contributed by atoms with Crippen LogP contribution in [0, 0.1) is 26.7 Å². The maximum absolute atomic E-state index is 13.6. The van der Waals surface area contributed by atoms with Crippen molar-refractivity contribution in [2.75, 3.05) is 13.1 Å². The number of piperidine rings is 1. The number of thiophene rings is 1. The molecule has 0 aliphatic carbocycles. The van der Waals surface area contributed by atoms with Gasteiger partial charge in [-0.1, -0.05) is 41.1 Å². The summed E-state index contributed by atoms with van der Waals surface area (Å²) < 4.78 is 34.0. The molecular weight excluding hydrogens is 470 g/mol. The molecule has 0 bridgehead atoms. The van der Waals surface area contributed by atoms with Crippen LogP contribution in [-0.2, 0) is 21.4 Å². The Morgan fingerprint density at radius 1 is 1.26 bits per heavy atom. The molecule has 1 N–H and O–H groups in total. The Labute approximate surface area is 204 Å². The van der Waals surface area contributed by atoms with E-state index in [-0.39, 0.29) is 23.1 Å². The topological polar surface area (TPSA) is 92.5 Å². The van der Waals surface area contributed by atoms with Crippen molar-refractivity contribution < 1.29 is 17.7 Å². The van der Waals surface area contributed by atoms with Gasteiger partial charge in [0.2, 0.25) is 15.9 Å². The maximum atomic E-state index is 13.6. The average molecular weight is 500 g/mol. The second-order valence-corrected chi connectivity index (χ2v) is 11.6. The molecular formula is C25H29N3O4S2. The highest BCUT2D eigenvalue weighted by atomic mass is 32.2. The highest BCUT2D eigenvalue weighted by Crippen LogP contribution is 2.29. The molecule has 1 unspecified atom stereocenters. The van der Waals surface area contributed by atoms with E-state index in [0.29, 0.717) is 31.6 Å². The number of aryl methyl sites for hydroxylation is 3. The molecule has 1 saturated heterocycles. The Balaban J connectivity index is 1.52. The Morgan fingerprint density at radius 3 is 2.85 bits per heavy atom. The largest absolute Gasteiger partial charge is 0.355 e. The predicted octanol–water partition coefficient (Wildman–Crippen LogP) is 4.55. The SMILES string of the molecule is Cc1ccc(C)c(/C=C/c2onc(C)c2S(=O)(=O)N2CCCC(C(=O)NCc3cccs3)C2)c1. The van der Waals surface area contributed by atoms with Gasteiger partial charge in [-0.05, 0) is 62.3 Å². The number of nitrogens with zero attached hydrogens (tertiary/aromatic N) is 2. The van der Waals surface area contributed by atoms with Crippen LogP contribution in [0.15, 0.2) is 45.1 Å². The van der Waals surface area contributed by atoms with Gasteiger partial charge in [0.1, 0.15) is 5.69 Å². The first-order valence-corrected chi connectivity index (χ1v) is 13.6. The third kappa shape index (κ3) is 5.32. The Morgan fingerprint density at radius 2 is 2.09 bits per heavy atom. The lowest BCUT2D eigenvalue weighted by Crippen LogP contribution is -2.45. The van der Waals surface area contributed by atoms with Crippen LogP contribution in [0.25, 0.3) is 12.2 Å².